The summed E-state index contributed by atoms with van der Waals surface area (Å²) in [4.78, 5) is 18.8. The van der Waals surface area contributed by atoms with Crippen LogP contribution in [0.4, 0.5) is 0 Å². The number of hydrogen-bond donors (Lipinski definition) is 1. The highest BCUT2D eigenvalue weighted by molar-refractivity contribution is 7.09. The molecule has 1 fully saturated rings. The molecule has 0 spiro atoms. The SMILES string of the molecule is COCC(N)C(=O)N1CCCCC1c1nc(C)cs1. The fourth-order valence-corrected chi connectivity index (χ4v) is 3.38. The molecule has 2 rings (SSSR count). The van der Waals surface area contributed by atoms with Crippen molar-refractivity contribution >= 4 is 17.2 Å². The first kappa shape index (κ1) is 14.4. The van der Waals surface area contributed by atoms with E-state index in [4.69, 9.17) is 10.5 Å². The number of piperidine rings is 1. The van der Waals surface area contributed by atoms with E-state index in [1.54, 1.807) is 18.4 Å². The lowest BCUT2D eigenvalue weighted by Gasteiger charge is -2.36. The number of nitrogens with zero attached hydrogens (tertiary/aromatic N) is 2. The topological polar surface area (TPSA) is 68.5 Å². The number of hydrogen-bond acceptors (Lipinski definition) is 5. The van der Waals surface area contributed by atoms with Gasteiger partial charge in [-0.3, -0.25) is 4.79 Å². The molecule has 0 aromatic carbocycles. The molecule has 0 bridgehead atoms. The quantitative estimate of drug-likeness (QED) is 0.908. The second-order valence-corrected chi connectivity index (χ2v) is 5.82. The van der Waals surface area contributed by atoms with Crippen LogP contribution < -0.4 is 5.73 Å². The van der Waals surface area contributed by atoms with E-state index in [1.165, 1.54) is 0 Å². The number of aromatic nitrogens is 1. The second-order valence-electron chi connectivity index (χ2n) is 4.93. The number of carbonyl (C=O) groups excluding carboxylic acids is 1. The minimum atomic E-state index is -0.577. The number of ether oxygens (including phenoxy) is 1. The van der Waals surface area contributed by atoms with E-state index >= 15 is 0 Å². The Balaban J connectivity index is 2.14. The molecule has 5 nitrogen and oxygen atoms in total. The Morgan fingerprint density at radius 2 is 2.47 bits per heavy atom. The van der Waals surface area contributed by atoms with Gasteiger partial charge in [-0.05, 0) is 26.2 Å². The zero-order chi connectivity index (χ0) is 13.8. The highest BCUT2D eigenvalue weighted by atomic mass is 32.1. The Morgan fingerprint density at radius 1 is 1.68 bits per heavy atom. The minimum absolute atomic E-state index is 0.0283. The maximum absolute atomic E-state index is 12.4. The summed E-state index contributed by atoms with van der Waals surface area (Å²) < 4.78 is 4.98. The van der Waals surface area contributed by atoms with Crippen molar-refractivity contribution in [1.29, 1.82) is 0 Å². The van der Waals surface area contributed by atoms with Crippen molar-refractivity contribution in [2.24, 2.45) is 5.73 Å². The van der Waals surface area contributed by atoms with E-state index in [2.05, 4.69) is 4.98 Å². The number of likely N-dealkylation sites (tertiary alicyclic amines) is 1. The van der Waals surface area contributed by atoms with Crippen LogP contribution in [0.15, 0.2) is 5.38 Å². The van der Waals surface area contributed by atoms with Gasteiger partial charge < -0.3 is 15.4 Å². The number of amides is 1. The number of rotatable bonds is 4. The van der Waals surface area contributed by atoms with Gasteiger partial charge in [0.25, 0.3) is 0 Å². The van der Waals surface area contributed by atoms with Gasteiger partial charge in [0.1, 0.15) is 11.0 Å². The molecule has 0 saturated carbocycles. The average Bonchev–Trinajstić information content (AvgIpc) is 2.85. The second kappa shape index (κ2) is 6.45. The van der Waals surface area contributed by atoms with Crippen LogP contribution in [0.25, 0.3) is 0 Å². The molecule has 1 aliphatic heterocycles. The standard InChI is InChI=1S/C13H21N3O2S/c1-9-8-19-12(15-9)11-5-3-4-6-16(11)13(17)10(14)7-18-2/h8,10-11H,3-7,14H2,1-2H3. The third-order valence-electron chi connectivity index (χ3n) is 3.37. The number of nitrogens with two attached hydrogens (primary N) is 1. The van der Waals surface area contributed by atoms with Crippen molar-refractivity contribution in [2.75, 3.05) is 20.3 Å². The van der Waals surface area contributed by atoms with Crippen LogP contribution in [0.3, 0.4) is 0 Å². The van der Waals surface area contributed by atoms with Crippen molar-refractivity contribution in [3.63, 3.8) is 0 Å². The summed E-state index contributed by atoms with van der Waals surface area (Å²) in [5, 5.41) is 3.05. The lowest BCUT2D eigenvalue weighted by molar-refractivity contribution is -0.137. The first-order valence-electron chi connectivity index (χ1n) is 6.60. The van der Waals surface area contributed by atoms with Crippen LogP contribution in [0, 0.1) is 6.92 Å². The average molecular weight is 283 g/mol. The van der Waals surface area contributed by atoms with Gasteiger partial charge in [0, 0.05) is 24.7 Å². The highest BCUT2D eigenvalue weighted by Crippen LogP contribution is 2.32. The Morgan fingerprint density at radius 3 is 3.11 bits per heavy atom. The molecule has 1 aromatic heterocycles. The zero-order valence-electron chi connectivity index (χ0n) is 11.5. The molecule has 2 N–H and O–H groups in total. The lowest BCUT2D eigenvalue weighted by Crippen LogP contribution is -2.49. The van der Waals surface area contributed by atoms with Gasteiger partial charge in [-0.1, -0.05) is 0 Å². The van der Waals surface area contributed by atoms with Gasteiger partial charge in [0.15, 0.2) is 0 Å². The molecule has 2 atom stereocenters. The van der Waals surface area contributed by atoms with Crippen LogP contribution >= 0.6 is 11.3 Å². The Hall–Kier alpha value is -0.980. The lowest BCUT2D eigenvalue weighted by atomic mass is 10.0. The summed E-state index contributed by atoms with van der Waals surface area (Å²) >= 11 is 1.63. The summed E-state index contributed by atoms with van der Waals surface area (Å²) in [5.74, 6) is -0.0283. The predicted molar refractivity (Wildman–Crippen MR) is 75.0 cm³/mol. The molecule has 0 aliphatic carbocycles. The van der Waals surface area contributed by atoms with Gasteiger partial charge >= 0.3 is 0 Å². The Kier molecular flexibility index (Phi) is 4.90. The number of aryl methyl sites for hydroxylation is 1. The Bertz CT molecular complexity index is 435. The smallest absolute Gasteiger partial charge is 0.242 e. The van der Waals surface area contributed by atoms with Crippen molar-refractivity contribution in [3.8, 4) is 0 Å². The van der Waals surface area contributed by atoms with Crippen LogP contribution in [-0.4, -0.2) is 42.1 Å². The molecular formula is C13H21N3O2S. The van der Waals surface area contributed by atoms with E-state index < -0.39 is 6.04 Å². The summed E-state index contributed by atoms with van der Waals surface area (Å²) in [5.41, 5.74) is 6.88. The van der Waals surface area contributed by atoms with Gasteiger partial charge in [-0.25, -0.2) is 4.98 Å². The molecule has 1 aromatic rings. The molecule has 2 unspecified atom stereocenters. The van der Waals surface area contributed by atoms with Crippen molar-refractivity contribution in [3.05, 3.63) is 16.1 Å². The van der Waals surface area contributed by atoms with E-state index in [0.29, 0.717) is 0 Å². The van der Waals surface area contributed by atoms with Gasteiger partial charge in [-0.15, -0.1) is 11.3 Å². The highest BCUT2D eigenvalue weighted by Gasteiger charge is 2.32. The number of methoxy groups -OCH3 is 1. The van der Waals surface area contributed by atoms with Crippen LogP contribution in [-0.2, 0) is 9.53 Å². The van der Waals surface area contributed by atoms with Crippen LogP contribution in [0.1, 0.15) is 36.0 Å². The fourth-order valence-electron chi connectivity index (χ4n) is 2.44. The third-order valence-corrected chi connectivity index (χ3v) is 4.43. The van der Waals surface area contributed by atoms with Gasteiger partial charge in [0.2, 0.25) is 5.91 Å². The van der Waals surface area contributed by atoms with E-state index in [-0.39, 0.29) is 18.6 Å². The number of thiazole rings is 1. The molecule has 1 aliphatic rings. The largest absolute Gasteiger partial charge is 0.383 e. The molecule has 0 radical (unpaired) electrons. The maximum atomic E-state index is 12.4. The van der Waals surface area contributed by atoms with Gasteiger partial charge in [-0.2, -0.15) is 0 Å². The first-order chi connectivity index (χ1) is 9.13. The van der Waals surface area contributed by atoms with Gasteiger partial charge in [0.05, 0.1) is 12.6 Å². The molecular weight excluding hydrogens is 262 g/mol. The van der Waals surface area contributed by atoms with E-state index in [9.17, 15) is 4.79 Å². The van der Waals surface area contributed by atoms with E-state index in [0.717, 1.165) is 36.5 Å². The molecule has 106 valence electrons. The predicted octanol–water partition coefficient (Wildman–Crippen LogP) is 1.48. The summed E-state index contributed by atoms with van der Waals surface area (Å²) in [7, 11) is 1.56. The molecule has 19 heavy (non-hydrogen) atoms. The van der Waals surface area contributed by atoms with Crippen molar-refractivity contribution in [1.82, 2.24) is 9.88 Å². The monoisotopic (exact) mass is 283 g/mol. The van der Waals surface area contributed by atoms with Crippen LogP contribution in [0.2, 0.25) is 0 Å². The molecule has 6 heteroatoms. The molecule has 1 amide bonds. The zero-order valence-corrected chi connectivity index (χ0v) is 12.3. The minimum Gasteiger partial charge on any atom is -0.383 e. The Labute approximate surface area is 117 Å². The fraction of sp³-hybridized carbons (Fsp3) is 0.692. The molecule has 1 saturated heterocycles. The van der Waals surface area contributed by atoms with Crippen molar-refractivity contribution < 1.29 is 9.53 Å². The maximum Gasteiger partial charge on any atom is 0.242 e. The summed E-state index contributed by atoms with van der Waals surface area (Å²) in [6.07, 6.45) is 3.14. The van der Waals surface area contributed by atoms with E-state index in [1.807, 2.05) is 17.2 Å². The third kappa shape index (κ3) is 3.32. The summed E-state index contributed by atoms with van der Waals surface area (Å²) in [6.45, 7) is 3.00. The molecule has 2 heterocycles. The normalized spacial score (nSPS) is 21.4. The van der Waals surface area contributed by atoms with Crippen molar-refractivity contribution in [2.45, 2.75) is 38.3 Å². The van der Waals surface area contributed by atoms with Crippen LogP contribution in [0.5, 0.6) is 0 Å². The number of carbonyl (C=O) groups is 1. The first-order valence-corrected chi connectivity index (χ1v) is 7.48. The summed E-state index contributed by atoms with van der Waals surface area (Å²) in [6, 6.07) is -0.491.